The predicted octanol–water partition coefficient (Wildman–Crippen LogP) is 0.786. The number of nitrogens with zero attached hydrogens (tertiary/aromatic N) is 1. The maximum Gasteiger partial charge on any atom is 0.225 e. The molecule has 1 heterocycles. The maximum absolute atomic E-state index is 12.2. The zero-order valence-corrected chi connectivity index (χ0v) is 11.9. The van der Waals surface area contributed by atoms with E-state index in [0.29, 0.717) is 38.1 Å². The molecule has 1 N–H and O–H groups in total. The topological polar surface area (TPSA) is 58.6 Å². The minimum atomic E-state index is -0.180. The van der Waals surface area contributed by atoms with E-state index in [1.54, 1.807) is 12.0 Å². The fourth-order valence-corrected chi connectivity index (χ4v) is 3.02. The van der Waals surface area contributed by atoms with Crippen LogP contribution in [0.1, 0.15) is 32.6 Å². The highest BCUT2D eigenvalue weighted by Crippen LogP contribution is 2.25. The van der Waals surface area contributed by atoms with Crippen LogP contribution in [0.2, 0.25) is 0 Å². The van der Waals surface area contributed by atoms with Crippen LogP contribution in [0.25, 0.3) is 0 Å². The average Bonchev–Trinajstić information content (AvgIpc) is 2.93. The van der Waals surface area contributed by atoms with Gasteiger partial charge in [0.2, 0.25) is 11.8 Å². The molecule has 0 bridgehead atoms. The first-order valence-corrected chi connectivity index (χ1v) is 7.17. The molecule has 1 saturated carbocycles. The molecule has 0 aromatic rings. The quantitative estimate of drug-likeness (QED) is 0.802. The number of carbonyl (C=O) groups is 2. The molecule has 5 nitrogen and oxygen atoms in total. The lowest BCUT2D eigenvalue weighted by Gasteiger charge is -2.17. The van der Waals surface area contributed by atoms with Crippen molar-refractivity contribution in [3.63, 3.8) is 0 Å². The van der Waals surface area contributed by atoms with Crippen molar-refractivity contribution in [2.24, 2.45) is 11.8 Å². The SMILES string of the molecule is COCCN1CC(C(=O)NC2CCC(C)C2)CC1=O. The summed E-state index contributed by atoms with van der Waals surface area (Å²) in [7, 11) is 1.62. The van der Waals surface area contributed by atoms with E-state index >= 15 is 0 Å². The number of hydrogen-bond donors (Lipinski definition) is 1. The molecule has 0 spiro atoms. The number of amides is 2. The number of rotatable bonds is 5. The van der Waals surface area contributed by atoms with Crippen molar-refractivity contribution in [1.82, 2.24) is 10.2 Å². The molecule has 1 aliphatic heterocycles. The van der Waals surface area contributed by atoms with E-state index in [-0.39, 0.29) is 17.7 Å². The smallest absolute Gasteiger partial charge is 0.225 e. The van der Waals surface area contributed by atoms with Crippen molar-refractivity contribution >= 4 is 11.8 Å². The first-order chi connectivity index (χ1) is 9.10. The summed E-state index contributed by atoms with van der Waals surface area (Å²) in [6.45, 7) is 3.87. The van der Waals surface area contributed by atoms with Crippen LogP contribution in [0, 0.1) is 11.8 Å². The van der Waals surface area contributed by atoms with Gasteiger partial charge >= 0.3 is 0 Å². The fourth-order valence-electron chi connectivity index (χ4n) is 3.02. The van der Waals surface area contributed by atoms with Crippen molar-refractivity contribution in [3.8, 4) is 0 Å². The van der Waals surface area contributed by atoms with Gasteiger partial charge in [0.25, 0.3) is 0 Å². The summed E-state index contributed by atoms with van der Waals surface area (Å²) in [5.74, 6) is 0.637. The van der Waals surface area contributed by atoms with Crippen LogP contribution in [0.3, 0.4) is 0 Å². The van der Waals surface area contributed by atoms with Crippen molar-refractivity contribution in [1.29, 1.82) is 0 Å². The van der Waals surface area contributed by atoms with Gasteiger partial charge in [0.05, 0.1) is 12.5 Å². The van der Waals surface area contributed by atoms with Gasteiger partial charge in [-0.25, -0.2) is 0 Å². The number of likely N-dealkylation sites (tertiary alicyclic amines) is 1. The third-order valence-electron chi connectivity index (χ3n) is 4.19. The standard InChI is InChI=1S/C14H24N2O3/c1-10-3-4-12(7-10)15-14(18)11-8-13(17)16(9-11)5-6-19-2/h10-12H,3-9H2,1-2H3,(H,15,18). The van der Waals surface area contributed by atoms with Gasteiger partial charge in [-0.05, 0) is 25.2 Å². The van der Waals surface area contributed by atoms with Gasteiger partial charge in [-0.3, -0.25) is 9.59 Å². The first-order valence-electron chi connectivity index (χ1n) is 7.17. The second-order valence-electron chi connectivity index (χ2n) is 5.86. The Labute approximate surface area is 114 Å². The van der Waals surface area contributed by atoms with E-state index in [0.717, 1.165) is 12.8 Å². The number of ether oxygens (including phenoxy) is 1. The van der Waals surface area contributed by atoms with Crippen molar-refractivity contribution in [3.05, 3.63) is 0 Å². The normalized spacial score (nSPS) is 30.9. The summed E-state index contributed by atoms with van der Waals surface area (Å²) in [5, 5.41) is 3.10. The molecule has 2 amide bonds. The van der Waals surface area contributed by atoms with Crippen LogP contribution >= 0.6 is 0 Å². The summed E-state index contributed by atoms with van der Waals surface area (Å²) in [4.78, 5) is 25.7. The van der Waals surface area contributed by atoms with Crippen LogP contribution in [0.15, 0.2) is 0 Å². The predicted molar refractivity (Wildman–Crippen MR) is 71.5 cm³/mol. The average molecular weight is 268 g/mol. The van der Waals surface area contributed by atoms with Gasteiger partial charge in [0.1, 0.15) is 0 Å². The third-order valence-corrected chi connectivity index (χ3v) is 4.19. The van der Waals surface area contributed by atoms with Gasteiger partial charge in [0.15, 0.2) is 0 Å². The Morgan fingerprint density at radius 3 is 2.89 bits per heavy atom. The van der Waals surface area contributed by atoms with Gasteiger partial charge in [-0.15, -0.1) is 0 Å². The molecule has 5 heteroatoms. The fraction of sp³-hybridized carbons (Fsp3) is 0.857. The summed E-state index contributed by atoms with van der Waals surface area (Å²) in [6, 6.07) is 0.311. The Balaban J connectivity index is 1.79. The lowest BCUT2D eigenvalue weighted by atomic mass is 10.1. The molecule has 108 valence electrons. The van der Waals surface area contributed by atoms with Crippen LogP contribution in [-0.4, -0.2) is 49.6 Å². The molecule has 1 aliphatic carbocycles. The number of hydrogen-bond acceptors (Lipinski definition) is 3. The van der Waals surface area contributed by atoms with E-state index in [9.17, 15) is 9.59 Å². The Hall–Kier alpha value is -1.10. The number of nitrogens with one attached hydrogen (secondary N) is 1. The highest BCUT2D eigenvalue weighted by atomic mass is 16.5. The molecule has 0 radical (unpaired) electrons. The van der Waals surface area contributed by atoms with Crippen molar-refractivity contribution in [2.45, 2.75) is 38.6 Å². The first kappa shape index (κ1) is 14.3. The minimum absolute atomic E-state index is 0.0485. The molecule has 3 atom stereocenters. The molecule has 3 unspecified atom stereocenters. The van der Waals surface area contributed by atoms with Gasteiger partial charge in [0, 0.05) is 32.7 Å². The van der Waals surface area contributed by atoms with E-state index < -0.39 is 0 Å². The number of carbonyl (C=O) groups excluding carboxylic acids is 2. The molecule has 2 aliphatic rings. The van der Waals surface area contributed by atoms with Crippen molar-refractivity contribution < 1.29 is 14.3 Å². The van der Waals surface area contributed by atoms with E-state index in [4.69, 9.17) is 4.74 Å². The monoisotopic (exact) mass is 268 g/mol. The second-order valence-corrected chi connectivity index (χ2v) is 5.86. The Morgan fingerprint density at radius 2 is 2.26 bits per heavy atom. The second kappa shape index (κ2) is 6.37. The summed E-state index contributed by atoms with van der Waals surface area (Å²) in [6.07, 6.45) is 3.67. The summed E-state index contributed by atoms with van der Waals surface area (Å²) >= 11 is 0. The van der Waals surface area contributed by atoms with Crippen LogP contribution < -0.4 is 5.32 Å². The zero-order valence-electron chi connectivity index (χ0n) is 11.9. The Bertz CT molecular complexity index is 346. The molecule has 0 aromatic carbocycles. The largest absolute Gasteiger partial charge is 0.383 e. The van der Waals surface area contributed by atoms with Crippen molar-refractivity contribution in [2.75, 3.05) is 26.8 Å². The molecular weight excluding hydrogens is 244 g/mol. The van der Waals surface area contributed by atoms with E-state index in [1.165, 1.54) is 6.42 Å². The molecular formula is C14H24N2O3. The van der Waals surface area contributed by atoms with Crippen LogP contribution in [-0.2, 0) is 14.3 Å². The minimum Gasteiger partial charge on any atom is -0.383 e. The van der Waals surface area contributed by atoms with Gasteiger partial charge < -0.3 is 15.0 Å². The van der Waals surface area contributed by atoms with Crippen LogP contribution in [0.4, 0.5) is 0 Å². The molecule has 0 aromatic heterocycles. The highest BCUT2D eigenvalue weighted by Gasteiger charge is 2.35. The van der Waals surface area contributed by atoms with Crippen LogP contribution in [0.5, 0.6) is 0 Å². The van der Waals surface area contributed by atoms with E-state index in [1.807, 2.05) is 0 Å². The number of methoxy groups -OCH3 is 1. The third kappa shape index (κ3) is 3.69. The lowest BCUT2D eigenvalue weighted by molar-refractivity contribution is -0.129. The molecule has 2 rings (SSSR count). The summed E-state index contributed by atoms with van der Waals surface area (Å²) < 4.78 is 4.97. The lowest BCUT2D eigenvalue weighted by Crippen LogP contribution is -2.39. The van der Waals surface area contributed by atoms with E-state index in [2.05, 4.69) is 12.2 Å². The maximum atomic E-state index is 12.2. The molecule has 19 heavy (non-hydrogen) atoms. The van der Waals surface area contributed by atoms with Gasteiger partial charge in [-0.2, -0.15) is 0 Å². The summed E-state index contributed by atoms with van der Waals surface area (Å²) in [5.41, 5.74) is 0. The molecule has 1 saturated heterocycles. The molecule has 2 fully saturated rings. The Morgan fingerprint density at radius 1 is 1.47 bits per heavy atom. The Kier molecular flexibility index (Phi) is 4.80. The highest BCUT2D eigenvalue weighted by molar-refractivity contribution is 5.89. The zero-order chi connectivity index (χ0) is 13.8. The van der Waals surface area contributed by atoms with Gasteiger partial charge in [-0.1, -0.05) is 6.92 Å².